The van der Waals surface area contributed by atoms with Crippen molar-refractivity contribution >= 4 is 22.5 Å². The lowest BCUT2D eigenvalue weighted by atomic mass is 9.83. The zero-order chi connectivity index (χ0) is 28.7. The number of carbonyl (C=O) groups excluding carboxylic acids is 1. The molecular formula is C33H44N6O2S. The van der Waals surface area contributed by atoms with Crippen molar-refractivity contribution in [1.29, 1.82) is 0 Å². The Morgan fingerprint density at radius 2 is 1.79 bits per heavy atom. The molecule has 2 amide bonds. The number of hydrazine groups is 1. The van der Waals surface area contributed by atoms with Gasteiger partial charge in [-0.2, -0.15) is 0 Å². The molecule has 2 N–H and O–H groups in total. The predicted octanol–water partition coefficient (Wildman–Crippen LogP) is 6.19. The maximum Gasteiger partial charge on any atom is 0.335 e. The molecule has 9 heteroatoms. The molecule has 1 aliphatic carbocycles. The van der Waals surface area contributed by atoms with E-state index in [1.165, 1.54) is 74.0 Å². The number of piperidine rings is 1. The Morgan fingerprint density at radius 3 is 2.57 bits per heavy atom. The Hall–Kier alpha value is -2.98. The maximum absolute atomic E-state index is 12.9. The van der Waals surface area contributed by atoms with Gasteiger partial charge < -0.3 is 4.74 Å². The minimum atomic E-state index is -0.237. The van der Waals surface area contributed by atoms with Gasteiger partial charge in [-0.05, 0) is 61.4 Å². The second-order valence-corrected chi connectivity index (χ2v) is 12.8. The van der Waals surface area contributed by atoms with Crippen molar-refractivity contribution in [2.24, 2.45) is 0 Å². The number of amides is 2. The van der Waals surface area contributed by atoms with Crippen LogP contribution in [0.1, 0.15) is 62.0 Å². The van der Waals surface area contributed by atoms with Gasteiger partial charge in [0.05, 0.1) is 12.8 Å². The van der Waals surface area contributed by atoms with Gasteiger partial charge in [0.1, 0.15) is 5.75 Å². The number of likely N-dealkylation sites (tertiary alicyclic amines) is 1. The van der Waals surface area contributed by atoms with E-state index >= 15 is 0 Å². The topological polar surface area (TPSA) is 73.0 Å². The standard InChI is InChI=1S/C33H44N6O2S/c1-41-31-15-14-27(26-11-6-3-7-12-26)21-29(31)30-24-42-33(34-30)35-32(40)36-39-19-17-38(18-20-39)28-13-8-16-37(23-28)22-25-9-4-2-5-10-25/h2,4-5,9-10,14-15,21,24,26,28H,3,6-8,11-13,16-20,22-23H2,1H3,(H2,34,35,36,40). The van der Waals surface area contributed by atoms with Crippen LogP contribution in [0.5, 0.6) is 5.75 Å². The quantitative estimate of drug-likeness (QED) is 0.327. The summed E-state index contributed by atoms with van der Waals surface area (Å²) < 4.78 is 5.67. The zero-order valence-corrected chi connectivity index (χ0v) is 25.6. The van der Waals surface area contributed by atoms with E-state index in [4.69, 9.17) is 9.72 Å². The molecule has 0 bridgehead atoms. The van der Waals surface area contributed by atoms with Crippen LogP contribution in [0.15, 0.2) is 53.9 Å². The Labute approximate surface area is 254 Å². The smallest absolute Gasteiger partial charge is 0.335 e. The summed E-state index contributed by atoms with van der Waals surface area (Å²) in [6.45, 7) is 6.86. The SMILES string of the molecule is COc1ccc(C2CCCCC2)cc1-c1csc(NC(=O)NN2CCN(C3CCCN(Cc4ccccc4)C3)CC2)n1. The molecular weight excluding hydrogens is 544 g/mol. The van der Waals surface area contributed by atoms with Crippen LogP contribution in [0.25, 0.3) is 11.3 Å². The summed E-state index contributed by atoms with van der Waals surface area (Å²) in [7, 11) is 1.70. The van der Waals surface area contributed by atoms with Crippen molar-refractivity contribution in [2.75, 3.05) is 51.7 Å². The molecule has 1 saturated carbocycles. The molecule has 6 rings (SSSR count). The van der Waals surface area contributed by atoms with Crippen LogP contribution in [0.2, 0.25) is 0 Å². The molecule has 3 aliphatic rings. The third kappa shape index (κ3) is 7.32. The van der Waals surface area contributed by atoms with E-state index in [-0.39, 0.29) is 6.03 Å². The van der Waals surface area contributed by atoms with Crippen molar-refractivity contribution in [3.05, 3.63) is 65.0 Å². The molecule has 224 valence electrons. The van der Waals surface area contributed by atoms with Crippen LogP contribution in [-0.4, -0.2) is 78.2 Å². The molecule has 8 nitrogen and oxygen atoms in total. The van der Waals surface area contributed by atoms with Gasteiger partial charge in [-0.25, -0.2) is 14.8 Å². The lowest BCUT2D eigenvalue weighted by molar-refractivity contribution is 0.0382. The largest absolute Gasteiger partial charge is 0.496 e. The van der Waals surface area contributed by atoms with E-state index < -0.39 is 0 Å². The fourth-order valence-electron chi connectivity index (χ4n) is 6.85. The number of anilines is 1. The lowest BCUT2D eigenvalue weighted by Crippen LogP contribution is -2.58. The van der Waals surface area contributed by atoms with Gasteiger partial charge in [0.2, 0.25) is 0 Å². The van der Waals surface area contributed by atoms with E-state index in [1.54, 1.807) is 7.11 Å². The van der Waals surface area contributed by atoms with Gasteiger partial charge in [-0.1, -0.05) is 55.7 Å². The van der Waals surface area contributed by atoms with Crippen molar-refractivity contribution in [2.45, 2.75) is 63.5 Å². The monoisotopic (exact) mass is 588 g/mol. The average Bonchev–Trinajstić information content (AvgIpc) is 3.50. The summed E-state index contributed by atoms with van der Waals surface area (Å²) in [5.41, 5.74) is 7.63. The number of carbonyl (C=O) groups is 1. The fourth-order valence-corrected chi connectivity index (χ4v) is 7.56. The number of hydrogen-bond acceptors (Lipinski definition) is 7. The molecule has 1 atom stereocenters. The van der Waals surface area contributed by atoms with Crippen molar-refractivity contribution in [3.63, 3.8) is 0 Å². The van der Waals surface area contributed by atoms with Gasteiger partial charge in [0.15, 0.2) is 5.13 Å². The highest BCUT2D eigenvalue weighted by Crippen LogP contribution is 2.38. The second-order valence-electron chi connectivity index (χ2n) is 11.9. The number of hydrogen-bond donors (Lipinski definition) is 2. The minimum Gasteiger partial charge on any atom is -0.496 e. The summed E-state index contributed by atoms with van der Waals surface area (Å²) >= 11 is 1.45. The van der Waals surface area contributed by atoms with E-state index in [0.29, 0.717) is 17.1 Å². The molecule has 3 heterocycles. The van der Waals surface area contributed by atoms with Gasteiger partial charge >= 0.3 is 6.03 Å². The maximum atomic E-state index is 12.9. The highest BCUT2D eigenvalue weighted by atomic mass is 32.1. The first-order chi connectivity index (χ1) is 20.6. The van der Waals surface area contributed by atoms with Gasteiger partial charge in [-0.3, -0.25) is 20.5 Å². The summed E-state index contributed by atoms with van der Waals surface area (Å²) in [6.07, 6.45) is 8.93. The Kier molecular flexibility index (Phi) is 9.70. The number of nitrogens with zero attached hydrogens (tertiary/aromatic N) is 4. The van der Waals surface area contributed by atoms with Crippen LogP contribution >= 0.6 is 11.3 Å². The number of nitrogens with one attached hydrogen (secondary N) is 2. The highest BCUT2D eigenvalue weighted by Gasteiger charge is 2.28. The third-order valence-electron chi connectivity index (χ3n) is 9.12. The molecule has 3 fully saturated rings. The number of methoxy groups -OCH3 is 1. The minimum absolute atomic E-state index is 0.237. The van der Waals surface area contributed by atoms with Crippen LogP contribution in [0, 0.1) is 0 Å². The van der Waals surface area contributed by atoms with Crippen molar-refractivity contribution in [1.82, 2.24) is 25.2 Å². The molecule has 0 radical (unpaired) electrons. The number of ether oxygens (including phenoxy) is 1. The number of piperazine rings is 1. The summed E-state index contributed by atoms with van der Waals surface area (Å²) in [5, 5.41) is 7.57. The first kappa shape index (κ1) is 29.1. The van der Waals surface area contributed by atoms with Crippen LogP contribution in [0.3, 0.4) is 0 Å². The Balaban J connectivity index is 0.988. The van der Waals surface area contributed by atoms with Gasteiger partial charge in [0.25, 0.3) is 0 Å². The summed E-state index contributed by atoms with van der Waals surface area (Å²) in [4.78, 5) is 22.8. The molecule has 2 aliphatic heterocycles. The Bertz CT molecular complexity index is 1300. The lowest BCUT2D eigenvalue weighted by Gasteiger charge is -2.43. The average molecular weight is 589 g/mol. The predicted molar refractivity (Wildman–Crippen MR) is 170 cm³/mol. The van der Waals surface area contributed by atoms with Gasteiger partial charge in [0, 0.05) is 56.3 Å². The van der Waals surface area contributed by atoms with E-state index in [2.05, 4.69) is 69.1 Å². The number of aromatic nitrogens is 1. The number of thiazole rings is 1. The number of benzene rings is 2. The van der Waals surface area contributed by atoms with Crippen molar-refractivity contribution < 1.29 is 9.53 Å². The Morgan fingerprint density at radius 1 is 0.976 bits per heavy atom. The fraction of sp³-hybridized carbons (Fsp3) is 0.515. The first-order valence-electron chi connectivity index (χ1n) is 15.6. The van der Waals surface area contributed by atoms with E-state index in [0.717, 1.165) is 56.3 Å². The number of rotatable bonds is 8. The van der Waals surface area contributed by atoms with Crippen LogP contribution < -0.4 is 15.5 Å². The molecule has 1 aromatic heterocycles. The molecule has 42 heavy (non-hydrogen) atoms. The van der Waals surface area contributed by atoms with Crippen LogP contribution in [-0.2, 0) is 6.54 Å². The van der Waals surface area contributed by atoms with E-state index in [1.807, 2.05) is 10.4 Å². The molecule has 2 saturated heterocycles. The molecule has 2 aromatic carbocycles. The van der Waals surface area contributed by atoms with Crippen LogP contribution in [0.4, 0.5) is 9.93 Å². The van der Waals surface area contributed by atoms with E-state index in [9.17, 15) is 4.79 Å². The molecule has 1 unspecified atom stereocenters. The molecule has 0 spiro atoms. The van der Waals surface area contributed by atoms with Gasteiger partial charge in [-0.15, -0.1) is 11.3 Å². The summed E-state index contributed by atoms with van der Waals surface area (Å²) in [6, 6.07) is 17.6. The summed E-state index contributed by atoms with van der Waals surface area (Å²) in [5.74, 6) is 1.42. The second kappa shape index (κ2) is 14.0. The first-order valence-corrected chi connectivity index (χ1v) is 16.5. The normalized spacial score (nSPS) is 21.2. The van der Waals surface area contributed by atoms with Crippen molar-refractivity contribution in [3.8, 4) is 17.0 Å². The molecule has 3 aromatic rings. The highest BCUT2D eigenvalue weighted by molar-refractivity contribution is 7.14. The number of urea groups is 1. The third-order valence-corrected chi connectivity index (χ3v) is 9.88. The zero-order valence-electron chi connectivity index (χ0n) is 24.8.